The molecule has 4 aromatic rings. The lowest BCUT2D eigenvalue weighted by atomic mass is 10.1. The molecule has 0 fully saturated rings. The van der Waals surface area contributed by atoms with E-state index in [1.807, 2.05) is 48.7 Å². The first-order chi connectivity index (χ1) is 14.5. The van der Waals surface area contributed by atoms with Gasteiger partial charge in [0.25, 0.3) is 0 Å². The Kier molecular flexibility index (Phi) is 6.03. The Morgan fingerprint density at radius 2 is 1.83 bits per heavy atom. The lowest BCUT2D eigenvalue weighted by Gasteiger charge is -2.04. The zero-order valence-corrected chi connectivity index (χ0v) is 18.3. The van der Waals surface area contributed by atoms with Crippen LogP contribution in [-0.2, 0) is 4.79 Å². The van der Waals surface area contributed by atoms with Crippen LogP contribution >= 0.6 is 34.7 Å². The largest absolute Gasteiger partial charge is 0.335 e. The number of aromatic nitrogens is 4. The van der Waals surface area contributed by atoms with Gasteiger partial charge in [0, 0.05) is 21.5 Å². The second-order valence-electron chi connectivity index (χ2n) is 6.42. The summed E-state index contributed by atoms with van der Waals surface area (Å²) in [6.07, 6.45) is 0. The van der Waals surface area contributed by atoms with E-state index in [0.29, 0.717) is 21.1 Å². The Labute approximate surface area is 186 Å². The van der Waals surface area contributed by atoms with Crippen LogP contribution in [-0.4, -0.2) is 31.5 Å². The number of nitrogens with zero attached hydrogens (tertiary/aromatic N) is 4. The smallest absolute Gasteiger partial charge is 0.236 e. The van der Waals surface area contributed by atoms with Crippen LogP contribution in [0.1, 0.15) is 5.56 Å². The molecule has 10 heteroatoms. The number of halogens is 1. The highest BCUT2D eigenvalue weighted by molar-refractivity contribution is 7.99. The van der Waals surface area contributed by atoms with Crippen LogP contribution in [0.2, 0.25) is 5.02 Å². The molecule has 0 saturated carbocycles. The Morgan fingerprint density at radius 1 is 1.13 bits per heavy atom. The number of hydrogen-bond acceptors (Lipinski definition) is 7. The average Bonchev–Trinajstić information content (AvgIpc) is 3.34. The van der Waals surface area contributed by atoms with Crippen LogP contribution in [0, 0.1) is 6.92 Å². The van der Waals surface area contributed by atoms with Gasteiger partial charge in [0.05, 0.1) is 11.4 Å². The minimum absolute atomic E-state index is 0.134. The third-order valence-corrected chi connectivity index (χ3v) is 6.15. The number of aryl methyl sites for hydroxylation is 1. The molecular formula is C20H17ClN6OS2. The highest BCUT2D eigenvalue weighted by Crippen LogP contribution is 2.26. The molecule has 30 heavy (non-hydrogen) atoms. The van der Waals surface area contributed by atoms with E-state index in [-0.39, 0.29) is 11.7 Å². The maximum atomic E-state index is 12.3. The SMILES string of the molecule is Cc1ccc(-c2csc(NC(=O)CSc3nnc(-c4ccc(Cl)cc4)n3N)n2)cc1. The third kappa shape index (κ3) is 4.64. The molecule has 0 aliphatic rings. The van der Waals surface area contributed by atoms with Crippen molar-refractivity contribution in [1.29, 1.82) is 0 Å². The van der Waals surface area contributed by atoms with E-state index in [4.69, 9.17) is 17.4 Å². The molecule has 152 valence electrons. The molecule has 0 unspecified atom stereocenters. The Balaban J connectivity index is 1.36. The van der Waals surface area contributed by atoms with E-state index in [9.17, 15) is 4.79 Å². The number of benzene rings is 2. The van der Waals surface area contributed by atoms with Crippen molar-refractivity contribution < 1.29 is 4.79 Å². The summed E-state index contributed by atoms with van der Waals surface area (Å²) in [5, 5.41) is 14.5. The van der Waals surface area contributed by atoms with Gasteiger partial charge in [-0.2, -0.15) is 0 Å². The fraction of sp³-hybridized carbons (Fsp3) is 0.100. The van der Waals surface area contributed by atoms with E-state index in [0.717, 1.165) is 16.8 Å². The van der Waals surface area contributed by atoms with Crippen LogP contribution in [0.25, 0.3) is 22.6 Å². The van der Waals surface area contributed by atoms with Crippen LogP contribution < -0.4 is 11.2 Å². The number of nitrogens with one attached hydrogen (secondary N) is 1. The lowest BCUT2D eigenvalue weighted by molar-refractivity contribution is -0.113. The predicted molar refractivity (Wildman–Crippen MR) is 122 cm³/mol. The Morgan fingerprint density at radius 3 is 2.57 bits per heavy atom. The molecule has 0 radical (unpaired) electrons. The van der Waals surface area contributed by atoms with Crippen LogP contribution in [0.4, 0.5) is 5.13 Å². The van der Waals surface area contributed by atoms with Crippen LogP contribution in [0.3, 0.4) is 0 Å². The van der Waals surface area contributed by atoms with Gasteiger partial charge in [0.2, 0.25) is 11.1 Å². The highest BCUT2D eigenvalue weighted by Gasteiger charge is 2.15. The predicted octanol–water partition coefficient (Wildman–Crippen LogP) is 4.48. The number of amides is 1. The lowest BCUT2D eigenvalue weighted by Crippen LogP contribution is -2.16. The van der Waals surface area contributed by atoms with Crippen molar-refractivity contribution in [2.24, 2.45) is 0 Å². The second kappa shape index (κ2) is 8.86. The number of nitrogens with two attached hydrogens (primary N) is 1. The summed E-state index contributed by atoms with van der Waals surface area (Å²) in [5.41, 5.74) is 3.82. The molecule has 0 aliphatic carbocycles. The van der Waals surface area contributed by atoms with E-state index < -0.39 is 0 Å². The zero-order chi connectivity index (χ0) is 21.1. The number of carbonyl (C=O) groups excluding carboxylic acids is 1. The molecule has 4 rings (SSSR count). The number of thioether (sulfide) groups is 1. The average molecular weight is 457 g/mol. The number of thiazole rings is 1. The number of anilines is 1. The topological polar surface area (TPSA) is 98.7 Å². The summed E-state index contributed by atoms with van der Waals surface area (Å²) in [5.74, 6) is 6.52. The van der Waals surface area contributed by atoms with Crippen molar-refractivity contribution in [3.05, 3.63) is 64.5 Å². The number of rotatable bonds is 6. The monoisotopic (exact) mass is 456 g/mol. The molecule has 0 atom stereocenters. The molecule has 2 heterocycles. The molecular weight excluding hydrogens is 440 g/mol. The maximum absolute atomic E-state index is 12.3. The molecule has 0 aliphatic heterocycles. The van der Waals surface area contributed by atoms with Gasteiger partial charge in [0.1, 0.15) is 0 Å². The van der Waals surface area contributed by atoms with Crippen molar-refractivity contribution in [1.82, 2.24) is 19.9 Å². The molecule has 0 bridgehead atoms. The van der Waals surface area contributed by atoms with Gasteiger partial charge in [-0.25, -0.2) is 9.66 Å². The zero-order valence-electron chi connectivity index (χ0n) is 15.9. The van der Waals surface area contributed by atoms with Gasteiger partial charge in [0.15, 0.2) is 11.0 Å². The van der Waals surface area contributed by atoms with Gasteiger partial charge in [-0.1, -0.05) is 53.2 Å². The fourth-order valence-electron chi connectivity index (χ4n) is 2.64. The van der Waals surface area contributed by atoms with E-state index in [1.165, 1.54) is 33.3 Å². The first-order valence-electron chi connectivity index (χ1n) is 8.91. The van der Waals surface area contributed by atoms with Gasteiger partial charge >= 0.3 is 0 Å². The molecule has 3 N–H and O–H groups in total. The highest BCUT2D eigenvalue weighted by atomic mass is 35.5. The molecule has 1 amide bonds. The maximum Gasteiger partial charge on any atom is 0.236 e. The van der Waals surface area contributed by atoms with Gasteiger partial charge < -0.3 is 11.2 Å². The Bertz CT molecular complexity index is 1170. The summed E-state index contributed by atoms with van der Waals surface area (Å²) < 4.78 is 1.36. The van der Waals surface area contributed by atoms with Gasteiger partial charge in [-0.15, -0.1) is 21.5 Å². The van der Waals surface area contributed by atoms with E-state index in [1.54, 1.807) is 12.1 Å². The summed E-state index contributed by atoms with van der Waals surface area (Å²) >= 11 is 8.49. The minimum Gasteiger partial charge on any atom is -0.335 e. The summed E-state index contributed by atoms with van der Waals surface area (Å²) in [6.45, 7) is 2.04. The summed E-state index contributed by atoms with van der Waals surface area (Å²) in [7, 11) is 0. The first-order valence-corrected chi connectivity index (χ1v) is 11.2. The summed E-state index contributed by atoms with van der Waals surface area (Å²) in [4.78, 5) is 16.8. The quantitative estimate of drug-likeness (QED) is 0.328. The molecule has 2 aromatic carbocycles. The second-order valence-corrected chi connectivity index (χ2v) is 8.66. The van der Waals surface area contributed by atoms with Crippen molar-refractivity contribution in [3.63, 3.8) is 0 Å². The minimum atomic E-state index is -0.194. The van der Waals surface area contributed by atoms with Crippen molar-refractivity contribution in [2.75, 3.05) is 16.9 Å². The number of hydrogen-bond donors (Lipinski definition) is 2. The third-order valence-electron chi connectivity index (χ3n) is 4.20. The fourth-order valence-corrected chi connectivity index (χ4v) is 4.16. The van der Waals surface area contributed by atoms with Gasteiger partial charge in [-0.05, 0) is 31.2 Å². The molecule has 0 saturated heterocycles. The molecule has 7 nitrogen and oxygen atoms in total. The number of nitrogen functional groups attached to an aromatic ring is 1. The standard InChI is InChI=1S/C20H17ClN6OS2/c1-12-2-4-13(5-3-12)16-10-29-19(23-16)24-17(28)11-30-20-26-25-18(27(20)22)14-6-8-15(21)9-7-14/h2-10H,11,22H2,1H3,(H,23,24,28). The number of carbonyl (C=O) groups is 1. The van der Waals surface area contributed by atoms with Crippen LogP contribution in [0.5, 0.6) is 0 Å². The van der Waals surface area contributed by atoms with E-state index >= 15 is 0 Å². The molecule has 0 spiro atoms. The van der Waals surface area contributed by atoms with Gasteiger partial charge in [-0.3, -0.25) is 4.79 Å². The van der Waals surface area contributed by atoms with Crippen molar-refractivity contribution >= 4 is 45.7 Å². The van der Waals surface area contributed by atoms with Crippen LogP contribution in [0.15, 0.2) is 59.1 Å². The van der Waals surface area contributed by atoms with Crippen molar-refractivity contribution in [2.45, 2.75) is 12.1 Å². The summed E-state index contributed by atoms with van der Waals surface area (Å²) in [6, 6.07) is 15.2. The first kappa shape index (κ1) is 20.4. The Hall–Kier alpha value is -2.88. The normalized spacial score (nSPS) is 10.9. The van der Waals surface area contributed by atoms with E-state index in [2.05, 4.69) is 20.5 Å². The molecule has 2 aromatic heterocycles. The van der Waals surface area contributed by atoms with Crippen molar-refractivity contribution in [3.8, 4) is 22.6 Å².